The van der Waals surface area contributed by atoms with Gasteiger partial charge in [0, 0.05) is 19.6 Å². The van der Waals surface area contributed by atoms with Crippen LogP contribution >= 0.6 is 0 Å². The van der Waals surface area contributed by atoms with Gasteiger partial charge in [-0.25, -0.2) is 25.9 Å². The van der Waals surface area contributed by atoms with Crippen LogP contribution in [0.3, 0.4) is 0 Å². The number of sulfonamides is 2. The van der Waals surface area contributed by atoms with E-state index in [4.69, 9.17) is 4.74 Å². The number of nitrogens with one attached hydrogen (secondary N) is 1. The minimum atomic E-state index is -3.42. The van der Waals surface area contributed by atoms with Crippen LogP contribution in [0.25, 0.3) is 0 Å². The Hall–Kier alpha value is -1.16. The van der Waals surface area contributed by atoms with Gasteiger partial charge in [0.15, 0.2) is 0 Å². The van der Waals surface area contributed by atoms with Gasteiger partial charge in [-0.2, -0.15) is 0 Å². The average molecular weight is 364 g/mol. The van der Waals surface area contributed by atoms with Crippen LogP contribution in [0.4, 0.5) is 0 Å². The topological polar surface area (TPSA) is 92.8 Å². The van der Waals surface area contributed by atoms with Crippen molar-refractivity contribution in [2.75, 3.05) is 38.8 Å². The first-order chi connectivity index (χ1) is 10.7. The number of ether oxygens (including phenoxy) is 1. The molecule has 0 aromatic heterocycles. The molecular formula is C14H24N2O5S2. The molecule has 0 heterocycles. The van der Waals surface area contributed by atoms with Gasteiger partial charge in [0.05, 0.1) is 19.1 Å². The van der Waals surface area contributed by atoms with Crippen LogP contribution < -0.4 is 9.46 Å². The van der Waals surface area contributed by atoms with Crippen LogP contribution in [-0.2, 0) is 26.5 Å². The largest absolute Gasteiger partial charge is 0.496 e. The van der Waals surface area contributed by atoms with Crippen molar-refractivity contribution in [3.8, 4) is 5.75 Å². The first-order valence-corrected chi connectivity index (χ1v) is 10.7. The highest BCUT2D eigenvalue weighted by atomic mass is 32.2. The molecule has 0 bridgehead atoms. The van der Waals surface area contributed by atoms with E-state index in [-0.39, 0.29) is 25.4 Å². The highest BCUT2D eigenvalue weighted by Gasteiger charge is 2.18. The number of hydrogen-bond acceptors (Lipinski definition) is 5. The summed E-state index contributed by atoms with van der Waals surface area (Å²) in [7, 11) is -5.19. The number of para-hydroxylation sites is 1. The number of hydrogen-bond donors (Lipinski definition) is 1. The molecule has 0 amide bonds. The zero-order valence-corrected chi connectivity index (χ0v) is 15.3. The predicted octanol–water partition coefficient (Wildman–Crippen LogP) is 0.439. The van der Waals surface area contributed by atoms with E-state index in [0.29, 0.717) is 12.2 Å². The van der Waals surface area contributed by atoms with Crippen molar-refractivity contribution in [1.82, 2.24) is 9.03 Å². The molecule has 0 saturated heterocycles. The van der Waals surface area contributed by atoms with E-state index in [1.165, 1.54) is 11.2 Å². The highest BCUT2D eigenvalue weighted by Crippen LogP contribution is 2.18. The molecule has 0 atom stereocenters. The van der Waals surface area contributed by atoms with Gasteiger partial charge in [0.25, 0.3) is 0 Å². The fourth-order valence-electron chi connectivity index (χ4n) is 2.03. The van der Waals surface area contributed by atoms with Gasteiger partial charge >= 0.3 is 0 Å². The van der Waals surface area contributed by atoms with E-state index in [0.717, 1.165) is 11.8 Å². The number of rotatable bonds is 10. The molecule has 0 spiro atoms. The number of benzene rings is 1. The fraction of sp³-hybridized carbons (Fsp3) is 0.571. The minimum absolute atomic E-state index is 0.0346. The zero-order valence-electron chi connectivity index (χ0n) is 13.6. The van der Waals surface area contributed by atoms with Crippen LogP contribution in [0, 0.1) is 0 Å². The SMILES string of the molecule is CCS(=O)(=O)NCCN(CCc1ccccc1OC)S(C)(=O)=O. The molecule has 0 unspecified atom stereocenters. The number of methoxy groups -OCH3 is 1. The Balaban J connectivity index is 2.69. The van der Waals surface area contributed by atoms with Crippen LogP contribution in [0.2, 0.25) is 0 Å². The van der Waals surface area contributed by atoms with Crippen LogP contribution in [0.5, 0.6) is 5.75 Å². The molecule has 0 fully saturated rings. The lowest BCUT2D eigenvalue weighted by Crippen LogP contribution is -2.39. The second-order valence-electron chi connectivity index (χ2n) is 5.02. The lowest BCUT2D eigenvalue weighted by molar-refractivity contribution is 0.397. The van der Waals surface area contributed by atoms with Gasteiger partial charge in [0.2, 0.25) is 20.0 Å². The van der Waals surface area contributed by atoms with E-state index in [1.807, 2.05) is 24.3 Å². The first kappa shape index (κ1) is 19.9. The monoisotopic (exact) mass is 364 g/mol. The summed E-state index contributed by atoms with van der Waals surface area (Å²) in [5, 5.41) is 0. The second-order valence-corrected chi connectivity index (χ2v) is 9.10. The number of nitrogens with zero attached hydrogens (tertiary/aromatic N) is 1. The summed E-state index contributed by atoms with van der Waals surface area (Å²) in [4.78, 5) is 0. The Morgan fingerprint density at radius 1 is 1.13 bits per heavy atom. The Morgan fingerprint density at radius 3 is 2.35 bits per heavy atom. The normalized spacial score (nSPS) is 12.5. The van der Waals surface area contributed by atoms with E-state index < -0.39 is 20.0 Å². The maximum absolute atomic E-state index is 11.8. The molecule has 132 valence electrons. The maximum Gasteiger partial charge on any atom is 0.211 e. The molecule has 0 aliphatic heterocycles. The minimum Gasteiger partial charge on any atom is -0.496 e. The molecule has 0 aliphatic carbocycles. The third-order valence-electron chi connectivity index (χ3n) is 3.36. The quantitative estimate of drug-likeness (QED) is 0.650. The van der Waals surface area contributed by atoms with Gasteiger partial charge < -0.3 is 4.74 Å². The molecule has 0 radical (unpaired) electrons. The van der Waals surface area contributed by atoms with Crippen molar-refractivity contribution in [3.05, 3.63) is 29.8 Å². The maximum atomic E-state index is 11.8. The van der Waals surface area contributed by atoms with Gasteiger partial charge in [-0.15, -0.1) is 0 Å². The molecule has 1 N–H and O–H groups in total. The van der Waals surface area contributed by atoms with Gasteiger partial charge in [0.1, 0.15) is 5.75 Å². The second kappa shape index (κ2) is 8.62. The summed E-state index contributed by atoms with van der Waals surface area (Å²) in [6.07, 6.45) is 1.60. The lowest BCUT2D eigenvalue weighted by Gasteiger charge is -2.20. The van der Waals surface area contributed by atoms with Crippen LogP contribution in [-0.4, -0.2) is 59.9 Å². The Bertz CT molecular complexity index is 702. The van der Waals surface area contributed by atoms with E-state index in [2.05, 4.69) is 4.72 Å². The third-order valence-corrected chi connectivity index (χ3v) is 6.06. The molecule has 0 aliphatic rings. The zero-order chi connectivity index (χ0) is 17.5. The van der Waals surface area contributed by atoms with Crippen LogP contribution in [0.15, 0.2) is 24.3 Å². The van der Waals surface area contributed by atoms with Crippen molar-refractivity contribution >= 4 is 20.0 Å². The summed E-state index contributed by atoms with van der Waals surface area (Å²) in [5.74, 6) is 0.667. The van der Waals surface area contributed by atoms with Crippen molar-refractivity contribution < 1.29 is 21.6 Å². The van der Waals surface area contributed by atoms with E-state index in [1.54, 1.807) is 7.11 Å². The fourth-order valence-corrected chi connectivity index (χ4v) is 3.48. The van der Waals surface area contributed by atoms with E-state index >= 15 is 0 Å². The van der Waals surface area contributed by atoms with Crippen molar-refractivity contribution in [1.29, 1.82) is 0 Å². The molecule has 1 aromatic rings. The molecule has 23 heavy (non-hydrogen) atoms. The molecule has 7 nitrogen and oxygen atoms in total. The standard InChI is InChI=1S/C14H24N2O5S2/c1-4-23(19,20)15-10-12-16(22(3,17)18)11-9-13-7-5-6-8-14(13)21-2/h5-8,15H,4,9-12H2,1-3H3. The van der Waals surface area contributed by atoms with Crippen molar-refractivity contribution in [2.24, 2.45) is 0 Å². The Morgan fingerprint density at radius 2 is 1.78 bits per heavy atom. The highest BCUT2D eigenvalue weighted by molar-refractivity contribution is 7.89. The van der Waals surface area contributed by atoms with Crippen LogP contribution in [0.1, 0.15) is 12.5 Å². The van der Waals surface area contributed by atoms with Gasteiger partial charge in [-0.05, 0) is 25.0 Å². The van der Waals surface area contributed by atoms with Gasteiger partial charge in [-0.1, -0.05) is 18.2 Å². The third kappa shape index (κ3) is 6.86. The lowest BCUT2D eigenvalue weighted by atomic mass is 10.1. The summed E-state index contributed by atoms with van der Waals surface area (Å²) in [6, 6.07) is 7.39. The summed E-state index contributed by atoms with van der Waals surface area (Å²) >= 11 is 0. The molecule has 1 rings (SSSR count). The summed E-state index contributed by atoms with van der Waals surface area (Å²) in [5.41, 5.74) is 0.901. The first-order valence-electron chi connectivity index (χ1n) is 7.24. The van der Waals surface area contributed by atoms with E-state index in [9.17, 15) is 16.8 Å². The predicted molar refractivity (Wildman–Crippen MR) is 90.6 cm³/mol. The van der Waals surface area contributed by atoms with Gasteiger partial charge in [-0.3, -0.25) is 0 Å². The van der Waals surface area contributed by atoms with Crippen molar-refractivity contribution in [3.63, 3.8) is 0 Å². The molecule has 9 heteroatoms. The average Bonchev–Trinajstić information content (AvgIpc) is 2.49. The Kier molecular flexibility index (Phi) is 7.46. The Labute approximate surface area is 138 Å². The molecule has 0 saturated carbocycles. The summed E-state index contributed by atoms with van der Waals surface area (Å²) < 4.78 is 55.4. The molecule has 1 aromatic carbocycles. The summed E-state index contributed by atoms with van der Waals surface area (Å²) in [6.45, 7) is 1.92. The smallest absolute Gasteiger partial charge is 0.211 e. The molecular weight excluding hydrogens is 340 g/mol. The van der Waals surface area contributed by atoms with Crippen molar-refractivity contribution in [2.45, 2.75) is 13.3 Å².